The molecular formula is C18H34IN5. The maximum Gasteiger partial charge on any atom is 0.193 e. The minimum Gasteiger partial charge on any atom is -0.356 e. The van der Waals surface area contributed by atoms with Crippen LogP contribution in [0.4, 0.5) is 0 Å². The average molecular weight is 447 g/mol. The van der Waals surface area contributed by atoms with E-state index in [0.29, 0.717) is 17.4 Å². The van der Waals surface area contributed by atoms with Crippen molar-refractivity contribution in [1.82, 2.24) is 19.8 Å². The molecule has 1 fully saturated rings. The van der Waals surface area contributed by atoms with E-state index in [-0.39, 0.29) is 24.0 Å². The van der Waals surface area contributed by atoms with Gasteiger partial charge in [0, 0.05) is 39.1 Å². The fourth-order valence-electron chi connectivity index (χ4n) is 3.25. The van der Waals surface area contributed by atoms with Crippen molar-refractivity contribution in [2.75, 3.05) is 26.7 Å². The van der Waals surface area contributed by atoms with Crippen LogP contribution in [0, 0.1) is 11.3 Å². The Bertz CT molecular complexity index is 492. The van der Waals surface area contributed by atoms with Crippen LogP contribution in [0.1, 0.15) is 53.0 Å². The first kappa shape index (κ1) is 21.3. The zero-order chi connectivity index (χ0) is 16.9. The van der Waals surface area contributed by atoms with Gasteiger partial charge in [-0.05, 0) is 30.6 Å². The van der Waals surface area contributed by atoms with Crippen LogP contribution in [0.2, 0.25) is 0 Å². The zero-order valence-electron chi connectivity index (χ0n) is 15.8. The van der Waals surface area contributed by atoms with Crippen LogP contribution in [0.25, 0.3) is 0 Å². The molecule has 5 nitrogen and oxygen atoms in total. The molecule has 24 heavy (non-hydrogen) atoms. The summed E-state index contributed by atoms with van der Waals surface area (Å²) < 4.78 is 2.24. The number of hydrogen-bond donors (Lipinski definition) is 1. The number of piperidine rings is 1. The molecule has 1 aromatic rings. The van der Waals surface area contributed by atoms with E-state index in [1.807, 2.05) is 19.6 Å². The van der Waals surface area contributed by atoms with Crippen molar-refractivity contribution in [2.45, 2.75) is 53.0 Å². The lowest BCUT2D eigenvalue weighted by Gasteiger charge is -2.39. The smallest absolute Gasteiger partial charge is 0.193 e. The number of rotatable bonds is 4. The van der Waals surface area contributed by atoms with Gasteiger partial charge in [0.1, 0.15) is 0 Å². The number of nitrogens with one attached hydrogen (secondary N) is 1. The van der Waals surface area contributed by atoms with Crippen molar-refractivity contribution in [3.05, 3.63) is 18.7 Å². The van der Waals surface area contributed by atoms with Gasteiger partial charge >= 0.3 is 0 Å². The Hall–Kier alpha value is -0.790. The van der Waals surface area contributed by atoms with Crippen molar-refractivity contribution in [1.29, 1.82) is 0 Å². The minimum atomic E-state index is 0. The number of guanidine groups is 1. The molecule has 0 spiro atoms. The largest absolute Gasteiger partial charge is 0.356 e. The molecule has 1 aromatic heterocycles. The van der Waals surface area contributed by atoms with Gasteiger partial charge in [-0.25, -0.2) is 4.98 Å². The molecule has 1 saturated heterocycles. The second kappa shape index (κ2) is 9.63. The fraction of sp³-hybridized carbons (Fsp3) is 0.778. The van der Waals surface area contributed by atoms with Crippen LogP contribution in [-0.2, 0) is 0 Å². The van der Waals surface area contributed by atoms with Crippen molar-refractivity contribution >= 4 is 29.9 Å². The third-order valence-electron chi connectivity index (χ3n) is 4.72. The van der Waals surface area contributed by atoms with Crippen LogP contribution in [-0.4, -0.2) is 47.1 Å². The highest BCUT2D eigenvalue weighted by Gasteiger charge is 2.28. The molecule has 138 valence electrons. The molecule has 2 unspecified atom stereocenters. The Morgan fingerprint density at radius 1 is 1.38 bits per heavy atom. The minimum absolute atomic E-state index is 0. The molecule has 0 bridgehead atoms. The predicted octanol–water partition coefficient (Wildman–Crippen LogP) is 3.79. The van der Waals surface area contributed by atoms with Crippen molar-refractivity contribution in [2.24, 2.45) is 16.3 Å². The van der Waals surface area contributed by atoms with Crippen LogP contribution in [0.15, 0.2) is 23.7 Å². The number of halogens is 1. The zero-order valence-corrected chi connectivity index (χ0v) is 18.2. The molecule has 0 aliphatic carbocycles. The van der Waals surface area contributed by atoms with Crippen molar-refractivity contribution in [3.8, 4) is 0 Å². The lowest BCUT2D eigenvalue weighted by atomic mass is 9.91. The monoisotopic (exact) mass is 447 g/mol. The van der Waals surface area contributed by atoms with E-state index < -0.39 is 0 Å². The first-order valence-electron chi connectivity index (χ1n) is 8.84. The van der Waals surface area contributed by atoms with Gasteiger partial charge in [0.25, 0.3) is 0 Å². The second-order valence-electron chi connectivity index (χ2n) is 7.93. The van der Waals surface area contributed by atoms with Gasteiger partial charge in [0.15, 0.2) is 5.96 Å². The summed E-state index contributed by atoms with van der Waals surface area (Å²) in [6.07, 6.45) is 9.47. The lowest BCUT2D eigenvalue weighted by molar-refractivity contribution is 0.189. The molecule has 6 heteroatoms. The van der Waals surface area contributed by atoms with Gasteiger partial charge in [-0.15, -0.1) is 24.0 Å². The van der Waals surface area contributed by atoms with Crippen LogP contribution < -0.4 is 5.32 Å². The number of aromatic nitrogens is 2. The summed E-state index contributed by atoms with van der Waals surface area (Å²) in [5, 5.41) is 3.54. The molecular weight excluding hydrogens is 413 g/mol. The summed E-state index contributed by atoms with van der Waals surface area (Å²) >= 11 is 0. The number of likely N-dealkylation sites (tertiary alicyclic amines) is 1. The van der Waals surface area contributed by atoms with Gasteiger partial charge in [-0.1, -0.05) is 27.7 Å². The van der Waals surface area contributed by atoms with Crippen molar-refractivity contribution < 1.29 is 0 Å². The summed E-state index contributed by atoms with van der Waals surface area (Å²) in [5.74, 6) is 1.70. The maximum atomic E-state index is 4.49. The third-order valence-corrected chi connectivity index (χ3v) is 4.72. The van der Waals surface area contributed by atoms with E-state index in [1.165, 1.54) is 19.3 Å². The molecule has 2 atom stereocenters. The Morgan fingerprint density at radius 3 is 2.71 bits per heavy atom. The number of imidazole rings is 1. The third kappa shape index (κ3) is 6.26. The molecule has 0 radical (unpaired) electrons. The molecule has 0 aromatic carbocycles. The number of aliphatic imine (C=N–C) groups is 1. The summed E-state index contributed by atoms with van der Waals surface area (Å²) in [4.78, 5) is 11.1. The Balaban J connectivity index is 0.00000288. The van der Waals surface area contributed by atoms with E-state index in [0.717, 1.165) is 25.6 Å². The summed E-state index contributed by atoms with van der Waals surface area (Å²) in [6, 6.07) is 0.472. The van der Waals surface area contributed by atoms with Crippen LogP contribution in [0.5, 0.6) is 0 Å². The van der Waals surface area contributed by atoms with Crippen LogP contribution >= 0.6 is 24.0 Å². The topological polar surface area (TPSA) is 45.5 Å². The predicted molar refractivity (Wildman–Crippen MR) is 112 cm³/mol. The SMILES string of the molecule is CN=C(NCCCC(C)(C)C)N1CCC(C)C(n2ccnc2)C1.I. The highest BCUT2D eigenvalue weighted by atomic mass is 127. The summed E-state index contributed by atoms with van der Waals surface area (Å²) in [5.41, 5.74) is 0.401. The first-order valence-corrected chi connectivity index (χ1v) is 8.84. The summed E-state index contributed by atoms with van der Waals surface area (Å²) in [6.45, 7) is 12.3. The van der Waals surface area contributed by atoms with Gasteiger partial charge in [-0.3, -0.25) is 4.99 Å². The standard InChI is InChI=1S/C18H33N5.HI/c1-15-7-11-22(13-16(15)23-12-10-20-14-23)17(19-5)21-9-6-8-18(2,3)4;/h10,12,14-16H,6-9,11,13H2,1-5H3,(H,19,21);1H. The van der Waals surface area contributed by atoms with E-state index in [9.17, 15) is 0 Å². The Morgan fingerprint density at radius 2 is 2.12 bits per heavy atom. The van der Waals surface area contributed by atoms with Gasteiger partial charge in [0.05, 0.1) is 12.4 Å². The van der Waals surface area contributed by atoms with E-state index >= 15 is 0 Å². The maximum absolute atomic E-state index is 4.49. The lowest BCUT2D eigenvalue weighted by Crippen LogP contribution is -2.49. The fourth-order valence-corrected chi connectivity index (χ4v) is 3.25. The number of hydrogen-bond acceptors (Lipinski definition) is 2. The molecule has 1 aliphatic heterocycles. The van der Waals surface area contributed by atoms with E-state index in [4.69, 9.17) is 0 Å². The van der Waals surface area contributed by atoms with Gasteiger partial charge in [0.2, 0.25) is 0 Å². The normalized spacial score (nSPS) is 22.2. The van der Waals surface area contributed by atoms with Crippen LogP contribution in [0.3, 0.4) is 0 Å². The molecule has 0 amide bonds. The summed E-state index contributed by atoms with van der Waals surface area (Å²) in [7, 11) is 1.89. The quantitative estimate of drug-likeness (QED) is 0.331. The highest BCUT2D eigenvalue weighted by Crippen LogP contribution is 2.27. The number of nitrogens with zero attached hydrogens (tertiary/aromatic N) is 4. The Labute approximate surface area is 164 Å². The molecule has 1 aliphatic rings. The van der Waals surface area contributed by atoms with E-state index in [2.05, 4.69) is 58.7 Å². The molecule has 1 N–H and O–H groups in total. The Kier molecular flexibility index (Phi) is 8.53. The molecule has 0 saturated carbocycles. The van der Waals surface area contributed by atoms with Crippen molar-refractivity contribution in [3.63, 3.8) is 0 Å². The first-order chi connectivity index (χ1) is 10.9. The van der Waals surface area contributed by atoms with Gasteiger partial charge in [-0.2, -0.15) is 0 Å². The average Bonchev–Trinajstić information content (AvgIpc) is 3.01. The second-order valence-corrected chi connectivity index (χ2v) is 7.93. The molecule has 2 heterocycles. The molecule has 2 rings (SSSR count). The van der Waals surface area contributed by atoms with E-state index in [1.54, 1.807) is 0 Å². The van der Waals surface area contributed by atoms with Gasteiger partial charge < -0.3 is 14.8 Å². The highest BCUT2D eigenvalue weighted by molar-refractivity contribution is 14.0.